The highest BCUT2D eigenvalue weighted by atomic mass is 127. The molecule has 2 unspecified atom stereocenters. The fraction of sp³-hybridized carbons (Fsp3) is 1.00. The highest BCUT2D eigenvalue weighted by Gasteiger charge is 2.15. The minimum atomic E-state index is 0.633. The largest absolute Gasteiger partial charge is 0.312 e. The zero-order valence-electron chi connectivity index (χ0n) is 7.81. The van der Waals surface area contributed by atoms with Crippen LogP contribution in [-0.2, 0) is 0 Å². The van der Waals surface area contributed by atoms with Gasteiger partial charge in [-0.15, -0.1) is 0 Å². The van der Waals surface area contributed by atoms with Gasteiger partial charge in [0.25, 0.3) is 0 Å². The maximum Gasteiger partial charge on any atom is 0.0283 e. The molecule has 0 aliphatic heterocycles. The topological polar surface area (TPSA) is 12.0 Å². The van der Waals surface area contributed by atoms with Crippen molar-refractivity contribution < 1.29 is 0 Å². The summed E-state index contributed by atoms with van der Waals surface area (Å²) in [4.78, 5) is 0. The Bertz CT molecular complexity index is 111. The number of hydrogen-bond acceptors (Lipinski definition) is 2. The van der Waals surface area contributed by atoms with Crippen LogP contribution in [0.15, 0.2) is 0 Å². The van der Waals surface area contributed by atoms with Gasteiger partial charge in [0.1, 0.15) is 0 Å². The molecule has 0 fully saturated rings. The molecule has 0 heterocycles. The molecule has 0 saturated carbocycles. The summed E-state index contributed by atoms with van der Waals surface area (Å²) in [7, 11) is 1.87. The van der Waals surface area contributed by atoms with Crippen LogP contribution in [0.5, 0.6) is 0 Å². The van der Waals surface area contributed by atoms with Crippen molar-refractivity contribution in [1.82, 2.24) is 5.32 Å². The van der Waals surface area contributed by atoms with E-state index in [1.807, 2.05) is 8.93 Å². The highest BCUT2D eigenvalue weighted by Crippen LogP contribution is 2.16. The van der Waals surface area contributed by atoms with E-state index >= 15 is 0 Å². The van der Waals surface area contributed by atoms with Gasteiger partial charge < -0.3 is 5.32 Å². The van der Waals surface area contributed by atoms with Crippen LogP contribution in [0.2, 0.25) is 0 Å². The van der Waals surface area contributed by atoms with Crippen molar-refractivity contribution >= 4 is 52.7 Å². The van der Waals surface area contributed by atoms with Crippen LogP contribution in [0, 0.1) is 5.92 Å². The molecule has 0 aliphatic rings. The van der Waals surface area contributed by atoms with E-state index in [0.29, 0.717) is 6.04 Å². The van der Waals surface area contributed by atoms with Crippen LogP contribution in [0.3, 0.4) is 0 Å². The molecular weight excluding hydrogens is 396 g/mol. The summed E-state index contributed by atoms with van der Waals surface area (Å²) in [5.41, 5.74) is 0. The molecule has 0 rings (SSSR count). The van der Waals surface area contributed by atoms with Gasteiger partial charge in [-0.05, 0) is 34.0 Å². The summed E-state index contributed by atoms with van der Waals surface area (Å²) in [6.45, 7) is 7.96. The second-order valence-corrected chi connectivity index (χ2v) is 7.18. The molecule has 0 amide bonds. The first-order chi connectivity index (χ1) is 5.59. The summed E-state index contributed by atoms with van der Waals surface area (Å²) in [5, 5.41) is 3.53. The van der Waals surface area contributed by atoms with E-state index in [1.165, 1.54) is 5.75 Å². The van der Waals surface area contributed by atoms with E-state index < -0.39 is 0 Å². The molecule has 0 radical (unpaired) electrons. The van der Waals surface area contributed by atoms with E-state index in [4.69, 9.17) is 0 Å². The lowest BCUT2D eigenvalue weighted by atomic mass is 10.1. The number of halogens is 2. The molecular formula is C8H17I2NS. The molecule has 4 heteroatoms. The van der Waals surface area contributed by atoms with Crippen molar-refractivity contribution in [2.24, 2.45) is 5.92 Å². The molecule has 1 N–H and O–H groups in total. The van der Waals surface area contributed by atoms with E-state index in [0.717, 1.165) is 16.4 Å². The summed E-state index contributed by atoms with van der Waals surface area (Å²) < 4.78 is 0.738. The molecule has 74 valence electrons. The molecule has 2 atom stereocenters. The third-order valence-corrected chi connectivity index (χ3v) is 5.96. The van der Waals surface area contributed by atoms with Gasteiger partial charge in [0.15, 0.2) is 0 Å². The van der Waals surface area contributed by atoms with Crippen molar-refractivity contribution in [1.29, 1.82) is 0 Å². The van der Waals surface area contributed by atoms with Gasteiger partial charge in [-0.25, -0.2) is 0 Å². The van der Waals surface area contributed by atoms with Crippen LogP contribution >= 0.6 is 52.7 Å². The minimum absolute atomic E-state index is 0.633. The minimum Gasteiger partial charge on any atom is -0.312 e. The second kappa shape index (κ2) is 8.11. The maximum absolute atomic E-state index is 3.53. The molecule has 0 bridgehead atoms. The first-order valence-electron chi connectivity index (χ1n) is 4.20. The third kappa shape index (κ3) is 6.26. The standard InChI is InChI=1S/C8H17I2NS/c1-6(2)8(9)7(3)11-4-5-12-10/h6-8,11H,4-5H2,1-3H3. The number of hydrogen-bond donors (Lipinski definition) is 1. The van der Waals surface area contributed by atoms with E-state index in [-0.39, 0.29) is 0 Å². The van der Waals surface area contributed by atoms with Gasteiger partial charge in [-0.3, -0.25) is 0 Å². The van der Waals surface area contributed by atoms with E-state index in [2.05, 4.69) is 69.9 Å². The van der Waals surface area contributed by atoms with E-state index in [9.17, 15) is 0 Å². The van der Waals surface area contributed by atoms with E-state index in [1.54, 1.807) is 0 Å². The number of alkyl halides is 1. The lowest BCUT2D eigenvalue weighted by Crippen LogP contribution is -2.37. The average Bonchev–Trinajstić information content (AvgIpc) is 2.03. The molecule has 0 saturated heterocycles. The fourth-order valence-corrected chi connectivity index (χ4v) is 2.12. The van der Waals surface area contributed by atoms with Crippen molar-refractivity contribution in [3.63, 3.8) is 0 Å². The predicted molar refractivity (Wildman–Crippen MR) is 76.6 cm³/mol. The Balaban J connectivity index is 3.49. The summed E-state index contributed by atoms with van der Waals surface area (Å²) in [5.74, 6) is 1.96. The predicted octanol–water partition coefficient (Wildman–Crippen LogP) is 3.51. The van der Waals surface area contributed by atoms with Gasteiger partial charge in [0, 0.05) is 22.3 Å². The normalized spacial score (nSPS) is 16.5. The molecule has 0 spiro atoms. The Kier molecular flexibility index (Phi) is 9.31. The van der Waals surface area contributed by atoms with Crippen molar-refractivity contribution in [3.8, 4) is 0 Å². The molecule has 0 aromatic rings. The maximum atomic E-state index is 3.53. The quantitative estimate of drug-likeness (QED) is 0.407. The van der Waals surface area contributed by atoms with Gasteiger partial charge in [0.05, 0.1) is 0 Å². The monoisotopic (exact) mass is 413 g/mol. The molecule has 12 heavy (non-hydrogen) atoms. The highest BCUT2D eigenvalue weighted by molar-refractivity contribution is 14.2. The lowest BCUT2D eigenvalue weighted by molar-refractivity contribution is 0.482. The van der Waals surface area contributed by atoms with Gasteiger partial charge in [-0.2, -0.15) is 0 Å². The Morgan fingerprint density at radius 2 is 1.92 bits per heavy atom. The fourth-order valence-electron chi connectivity index (χ4n) is 1.02. The summed E-state index contributed by atoms with van der Waals surface area (Å²) in [6, 6.07) is 0.633. The van der Waals surface area contributed by atoms with Crippen LogP contribution in [0.1, 0.15) is 20.8 Å². The van der Waals surface area contributed by atoms with Gasteiger partial charge in [0.2, 0.25) is 0 Å². The van der Waals surface area contributed by atoms with Gasteiger partial charge >= 0.3 is 0 Å². The zero-order valence-corrected chi connectivity index (χ0v) is 12.9. The van der Waals surface area contributed by atoms with Crippen LogP contribution in [0.4, 0.5) is 0 Å². The Labute approximate surface area is 106 Å². The lowest BCUT2D eigenvalue weighted by Gasteiger charge is -2.22. The van der Waals surface area contributed by atoms with Crippen LogP contribution < -0.4 is 5.32 Å². The number of rotatable bonds is 6. The number of nitrogens with one attached hydrogen (secondary N) is 1. The summed E-state index contributed by atoms with van der Waals surface area (Å²) >= 11 is 4.88. The first kappa shape index (κ1) is 13.8. The smallest absolute Gasteiger partial charge is 0.0283 e. The van der Waals surface area contributed by atoms with Crippen LogP contribution in [0.25, 0.3) is 0 Å². The first-order valence-corrected chi connectivity index (χ1v) is 8.98. The SMILES string of the molecule is CC(C)C(I)C(C)NCCSI. The third-order valence-electron chi connectivity index (χ3n) is 1.76. The second-order valence-electron chi connectivity index (χ2n) is 3.24. The van der Waals surface area contributed by atoms with Crippen molar-refractivity contribution in [3.05, 3.63) is 0 Å². The Morgan fingerprint density at radius 3 is 2.33 bits per heavy atom. The molecule has 0 aromatic heterocycles. The van der Waals surface area contributed by atoms with Gasteiger partial charge in [-0.1, -0.05) is 45.4 Å². The van der Waals surface area contributed by atoms with Crippen molar-refractivity contribution in [2.45, 2.75) is 30.7 Å². The Morgan fingerprint density at radius 1 is 1.33 bits per heavy atom. The molecule has 1 nitrogen and oxygen atoms in total. The molecule has 0 aromatic carbocycles. The average molecular weight is 413 g/mol. The Hall–Kier alpha value is 1.77. The molecule has 0 aliphatic carbocycles. The van der Waals surface area contributed by atoms with Crippen LogP contribution in [-0.4, -0.2) is 22.3 Å². The zero-order chi connectivity index (χ0) is 9.56. The van der Waals surface area contributed by atoms with Crippen molar-refractivity contribution in [2.75, 3.05) is 12.3 Å². The summed E-state index contributed by atoms with van der Waals surface area (Å²) in [6.07, 6.45) is 0.